The minimum absolute atomic E-state index is 0.112. The van der Waals surface area contributed by atoms with Crippen LogP contribution in [0.3, 0.4) is 0 Å². The number of amides is 3. The Morgan fingerprint density at radius 2 is 1.57 bits per heavy atom. The first-order chi connectivity index (χ1) is 13.4. The third kappa shape index (κ3) is 6.01. The topological polar surface area (TPSA) is 106 Å². The Morgan fingerprint density at radius 3 is 2.18 bits per heavy atom. The predicted octanol–water partition coefficient (Wildman–Crippen LogP) is 2.13. The van der Waals surface area contributed by atoms with Gasteiger partial charge in [0.2, 0.25) is 5.91 Å². The number of anilines is 1. The first-order valence-corrected chi connectivity index (χ1v) is 8.66. The molecule has 0 fully saturated rings. The van der Waals surface area contributed by atoms with Gasteiger partial charge in [-0.1, -0.05) is 26.0 Å². The Hall–Kier alpha value is -3.55. The van der Waals surface area contributed by atoms with Crippen molar-refractivity contribution in [3.63, 3.8) is 0 Å². The summed E-state index contributed by atoms with van der Waals surface area (Å²) in [6.07, 6.45) is 0. The molecular formula is C20H23N3O5. The number of methoxy groups -OCH3 is 1. The fraction of sp³-hybridized carbons (Fsp3) is 0.250. The minimum atomic E-state index is -0.528. The highest BCUT2D eigenvalue weighted by Gasteiger charge is 2.11. The highest BCUT2D eigenvalue weighted by molar-refractivity contribution is 5.97. The Morgan fingerprint density at radius 1 is 0.929 bits per heavy atom. The number of rotatable bonds is 7. The fourth-order valence-corrected chi connectivity index (χ4v) is 2.11. The van der Waals surface area contributed by atoms with E-state index in [2.05, 4.69) is 16.2 Å². The molecule has 8 nitrogen and oxygen atoms in total. The molecule has 0 radical (unpaired) electrons. The average Bonchev–Trinajstić information content (AvgIpc) is 2.71. The van der Waals surface area contributed by atoms with E-state index >= 15 is 0 Å². The zero-order chi connectivity index (χ0) is 20.5. The molecule has 148 valence electrons. The second-order valence-corrected chi connectivity index (χ2v) is 6.16. The summed E-state index contributed by atoms with van der Waals surface area (Å²) >= 11 is 0. The average molecular weight is 385 g/mol. The normalized spacial score (nSPS) is 10.1. The van der Waals surface area contributed by atoms with Crippen LogP contribution in [0, 0.1) is 5.92 Å². The van der Waals surface area contributed by atoms with Crippen LogP contribution >= 0.6 is 0 Å². The van der Waals surface area contributed by atoms with Gasteiger partial charge in [-0.3, -0.25) is 25.2 Å². The Balaban J connectivity index is 1.81. The summed E-state index contributed by atoms with van der Waals surface area (Å²) in [5, 5.41) is 2.73. The first kappa shape index (κ1) is 20.8. The van der Waals surface area contributed by atoms with Crippen LogP contribution in [-0.2, 0) is 9.59 Å². The van der Waals surface area contributed by atoms with E-state index in [1.165, 1.54) is 7.11 Å². The fourth-order valence-electron chi connectivity index (χ4n) is 2.11. The number of carbonyl (C=O) groups excluding carboxylic acids is 3. The van der Waals surface area contributed by atoms with Gasteiger partial charge in [-0.15, -0.1) is 0 Å². The lowest BCUT2D eigenvalue weighted by molar-refractivity contribution is -0.124. The SMILES string of the molecule is COc1ccccc1OCC(=O)NNC(=O)c1ccc(NC(=O)C(C)C)cc1. The molecule has 2 aromatic carbocycles. The van der Waals surface area contributed by atoms with Crippen LogP contribution in [0.5, 0.6) is 11.5 Å². The summed E-state index contributed by atoms with van der Waals surface area (Å²) in [5.41, 5.74) is 5.50. The van der Waals surface area contributed by atoms with Crippen molar-refractivity contribution < 1.29 is 23.9 Å². The molecule has 2 rings (SSSR count). The number of nitrogens with one attached hydrogen (secondary N) is 3. The summed E-state index contributed by atoms with van der Waals surface area (Å²) in [6.45, 7) is 3.29. The van der Waals surface area contributed by atoms with Gasteiger partial charge < -0.3 is 14.8 Å². The van der Waals surface area contributed by atoms with Crippen LogP contribution in [0.15, 0.2) is 48.5 Å². The third-order valence-electron chi connectivity index (χ3n) is 3.68. The zero-order valence-electron chi connectivity index (χ0n) is 15.9. The van der Waals surface area contributed by atoms with Crippen molar-refractivity contribution in [1.82, 2.24) is 10.9 Å². The maximum Gasteiger partial charge on any atom is 0.276 e. The van der Waals surface area contributed by atoms with Gasteiger partial charge in [0.15, 0.2) is 18.1 Å². The molecule has 0 aromatic heterocycles. The van der Waals surface area contributed by atoms with Crippen molar-refractivity contribution in [2.45, 2.75) is 13.8 Å². The van der Waals surface area contributed by atoms with Gasteiger partial charge in [0.1, 0.15) is 0 Å². The van der Waals surface area contributed by atoms with E-state index in [9.17, 15) is 14.4 Å². The van der Waals surface area contributed by atoms with Gasteiger partial charge >= 0.3 is 0 Å². The molecule has 0 unspecified atom stereocenters. The van der Waals surface area contributed by atoms with Crippen LogP contribution in [-0.4, -0.2) is 31.4 Å². The van der Waals surface area contributed by atoms with Gasteiger partial charge in [-0.05, 0) is 36.4 Å². The van der Waals surface area contributed by atoms with Crippen molar-refractivity contribution in [3.05, 3.63) is 54.1 Å². The van der Waals surface area contributed by atoms with Crippen molar-refractivity contribution >= 4 is 23.4 Å². The maximum atomic E-state index is 12.1. The number of ether oxygens (including phenoxy) is 2. The molecule has 0 aliphatic rings. The van der Waals surface area contributed by atoms with Crippen LogP contribution in [0.2, 0.25) is 0 Å². The quantitative estimate of drug-likeness (QED) is 0.633. The second-order valence-electron chi connectivity index (χ2n) is 6.16. The monoisotopic (exact) mass is 385 g/mol. The lowest BCUT2D eigenvalue weighted by Gasteiger charge is -2.11. The van der Waals surface area contributed by atoms with E-state index in [-0.39, 0.29) is 18.4 Å². The number of hydrogen-bond acceptors (Lipinski definition) is 5. The Kier molecular flexibility index (Phi) is 7.38. The molecule has 0 atom stereocenters. The molecule has 0 spiro atoms. The molecule has 2 aromatic rings. The summed E-state index contributed by atoms with van der Waals surface area (Å²) in [7, 11) is 1.50. The standard InChI is InChI=1S/C20H23N3O5/c1-13(2)19(25)21-15-10-8-14(9-11-15)20(26)23-22-18(24)12-28-17-7-5-4-6-16(17)27-3/h4-11,13H,12H2,1-3H3,(H,21,25)(H,22,24)(H,23,26). The summed E-state index contributed by atoms with van der Waals surface area (Å²) in [5.74, 6) is -0.349. The molecule has 0 heterocycles. The summed E-state index contributed by atoms with van der Waals surface area (Å²) in [4.78, 5) is 35.6. The largest absolute Gasteiger partial charge is 0.493 e. The van der Waals surface area contributed by atoms with Gasteiger partial charge in [-0.2, -0.15) is 0 Å². The molecule has 0 aliphatic carbocycles. The Bertz CT molecular complexity index is 834. The zero-order valence-corrected chi connectivity index (χ0v) is 15.9. The Labute approximate surface area is 163 Å². The molecule has 0 saturated carbocycles. The van der Waals surface area contributed by atoms with E-state index in [0.29, 0.717) is 22.7 Å². The predicted molar refractivity (Wildman–Crippen MR) is 104 cm³/mol. The van der Waals surface area contributed by atoms with E-state index in [4.69, 9.17) is 9.47 Å². The highest BCUT2D eigenvalue weighted by Crippen LogP contribution is 2.25. The van der Waals surface area contributed by atoms with Gasteiger partial charge in [0.25, 0.3) is 11.8 Å². The van der Waals surface area contributed by atoms with Crippen molar-refractivity contribution in [2.24, 2.45) is 5.92 Å². The highest BCUT2D eigenvalue weighted by atomic mass is 16.5. The number of hydrazine groups is 1. The second kappa shape index (κ2) is 9.96. The van der Waals surface area contributed by atoms with Gasteiger partial charge in [-0.25, -0.2) is 0 Å². The van der Waals surface area contributed by atoms with Crippen molar-refractivity contribution in [3.8, 4) is 11.5 Å². The molecule has 3 amide bonds. The van der Waals surface area contributed by atoms with Crippen LogP contribution in [0.1, 0.15) is 24.2 Å². The summed E-state index contributed by atoms with van der Waals surface area (Å²) in [6, 6.07) is 13.2. The number of hydrogen-bond donors (Lipinski definition) is 3. The van der Waals surface area contributed by atoms with Gasteiger partial charge in [0, 0.05) is 17.2 Å². The van der Waals surface area contributed by atoms with E-state index < -0.39 is 11.8 Å². The molecule has 0 bridgehead atoms. The van der Waals surface area contributed by atoms with Crippen molar-refractivity contribution in [1.29, 1.82) is 0 Å². The van der Waals surface area contributed by atoms with Crippen LogP contribution < -0.4 is 25.6 Å². The van der Waals surface area contributed by atoms with Gasteiger partial charge in [0.05, 0.1) is 7.11 Å². The summed E-state index contributed by atoms with van der Waals surface area (Å²) < 4.78 is 10.5. The number of carbonyl (C=O) groups is 3. The maximum absolute atomic E-state index is 12.1. The molecule has 3 N–H and O–H groups in total. The lowest BCUT2D eigenvalue weighted by atomic mass is 10.1. The minimum Gasteiger partial charge on any atom is -0.493 e. The van der Waals surface area contributed by atoms with Crippen LogP contribution in [0.25, 0.3) is 0 Å². The van der Waals surface area contributed by atoms with E-state index in [0.717, 1.165) is 0 Å². The molecule has 8 heteroatoms. The number of para-hydroxylation sites is 2. The smallest absolute Gasteiger partial charge is 0.276 e. The first-order valence-electron chi connectivity index (χ1n) is 8.66. The molecule has 0 saturated heterocycles. The lowest BCUT2D eigenvalue weighted by Crippen LogP contribution is -2.43. The van der Waals surface area contributed by atoms with Crippen LogP contribution in [0.4, 0.5) is 5.69 Å². The molecular weight excluding hydrogens is 362 g/mol. The third-order valence-corrected chi connectivity index (χ3v) is 3.68. The van der Waals surface area contributed by atoms with E-state index in [1.54, 1.807) is 62.4 Å². The van der Waals surface area contributed by atoms with E-state index in [1.807, 2.05) is 0 Å². The number of benzene rings is 2. The van der Waals surface area contributed by atoms with Crippen molar-refractivity contribution in [2.75, 3.05) is 19.0 Å². The molecule has 28 heavy (non-hydrogen) atoms. The molecule has 0 aliphatic heterocycles.